The molecular formula is C17H13ClF4N2O3. The average Bonchev–Trinajstić information content (AvgIpc) is 2.61. The van der Waals surface area contributed by atoms with Crippen LogP contribution in [0.2, 0.25) is 5.02 Å². The van der Waals surface area contributed by atoms with E-state index in [0.717, 1.165) is 36.4 Å². The van der Waals surface area contributed by atoms with Crippen molar-refractivity contribution in [2.75, 3.05) is 11.9 Å². The van der Waals surface area contributed by atoms with Gasteiger partial charge in [-0.3, -0.25) is 9.59 Å². The number of anilines is 1. The minimum atomic E-state index is -4.50. The number of benzene rings is 2. The molecule has 0 aromatic heterocycles. The van der Waals surface area contributed by atoms with Crippen LogP contribution in [-0.2, 0) is 15.8 Å². The maximum absolute atomic E-state index is 13.0. The molecule has 0 heterocycles. The van der Waals surface area contributed by atoms with E-state index in [1.807, 2.05) is 0 Å². The number of rotatable bonds is 4. The number of carbonyl (C=O) groups is 2. The van der Waals surface area contributed by atoms with Crippen molar-refractivity contribution in [1.82, 2.24) is 5.32 Å². The van der Waals surface area contributed by atoms with E-state index < -0.39 is 42.0 Å². The molecule has 2 aromatic rings. The molecule has 0 radical (unpaired) electrons. The number of amides is 2. The summed E-state index contributed by atoms with van der Waals surface area (Å²) in [6.45, 7) is -0.401. The molecule has 0 aliphatic rings. The van der Waals surface area contributed by atoms with Crippen LogP contribution in [0.1, 0.15) is 17.2 Å². The number of nitrogens with one attached hydrogen (secondary N) is 2. The summed E-state index contributed by atoms with van der Waals surface area (Å²) in [5, 5.41) is 14.0. The van der Waals surface area contributed by atoms with Gasteiger partial charge in [0.15, 0.2) is 0 Å². The number of aliphatic hydroxyl groups is 1. The zero-order valence-corrected chi connectivity index (χ0v) is 14.2. The first-order chi connectivity index (χ1) is 12.6. The van der Waals surface area contributed by atoms with Crippen LogP contribution < -0.4 is 10.6 Å². The van der Waals surface area contributed by atoms with Crippen LogP contribution in [0.15, 0.2) is 42.5 Å². The second-order valence-corrected chi connectivity index (χ2v) is 5.84. The van der Waals surface area contributed by atoms with Gasteiger partial charge in [-0.25, -0.2) is 4.39 Å². The van der Waals surface area contributed by atoms with E-state index in [-0.39, 0.29) is 16.3 Å². The molecule has 0 aliphatic carbocycles. The first-order valence-corrected chi connectivity index (χ1v) is 7.85. The minimum absolute atomic E-state index is 0.0878. The maximum atomic E-state index is 13.0. The lowest BCUT2D eigenvalue weighted by Gasteiger charge is -2.13. The lowest BCUT2D eigenvalue weighted by Crippen LogP contribution is -2.37. The minimum Gasteiger partial charge on any atom is -0.387 e. The first kappa shape index (κ1) is 20.7. The summed E-state index contributed by atoms with van der Waals surface area (Å²) in [6, 6.07) is 7.05. The van der Waals surface area contributed by atoms with Crippen LogP contribution in [0.3, 0.4) is 0 Å². The second kappa shape index (κ2) is 8.36. The van der Waals surface area contributed by atoms with E-state index in [1.165, 1.54) is 6.07 Å². The predicted octanol–water partition coefficient (Wildman–Crippen LogP) is 3.29. The van der Waals surface area contributed by atoms with Crippen LogP contribution in [-0.4, -0.2) is 23.5 Å². The fourth-order valence-electron chi connectivity index (χ4n) is 2.04. The summed E-state index contributed by atoms with van der Waals surface area (Å²) < 4.78 is 50.5. The molecule has 0 fully saturated rings. The zero-order chi connectivity index (χ0) is 20.2. The normalized spacial score (nSPS) is 12.4. The summed E-state index contributed by atoms with van der Waals surface area (Å²) >= 11 is 5.56. The molecule has 2 amide bonds. The highest BCUT2D eigenvalue weighted by Crippen LogP contribution is 2.29. The molecule has 27 heavy (non-hydrogen) atoms. The van der Waals surface area contributed by atoms with Crippen molar-refractivity contribution in [3.05, 3.63) is 64.4 Å². The summed E-state index contributed by atoms with van der Waals surface area (Å²) in [7, 11) is 0. The van der Waals surface area contributed by atoms with Gasteiger partial charge in [-0.2, -0.15) is 13.2 Å². The number of aliphatic hydroxyl groups excluding tert-OH is 1. The number of alkyl halides is 3. The highest BCUT2D eigenvalue weighted by Gasteiger charge is 2.30. The van der Waals surface area contributed by atoms with Crippen LogP contribution in [0.4, 0.5) is 23.2 Å². The molecule has 0 unspecified atom stereocenters. The van der Waals surface area contributed by atoms with E-state index in [9.17, 15) is 32.3 Å². The highest BCUT2D eigenvalue weighted by molar-refractivity contribution is 6.39. The van der Waals surface area contributed by atoms with E-state index in [2.05, 4.69) is 10.6 Å². The van der Waals surface area contributed by atoms with Gasteiger partial charge in [-0.05, 0) is 35.9 Å². The molecule has 0 bridgehead atoms. The number of hydrogen-bond donors (Lipinski definition) is 3. The van der Waals surface area contributed by atoms with Crippen molar-refractivity contribution >= 4 is 29.1 Å². The van der Waals surface area contributed by atoms with Gasteiger partial charge in [0.25, 0.3) is 0 Å². The third kappa shape index (κ3) is 5.66. The van der Waals surface area contributed by atoms with Crippen LogP contribution in [0, 0.1) is 5.82 Å². The summed E-state index contributed by atoms with van der Waals surface area (Å²) in [4.78, 5) is 23.5. The summed E-state index contributed by atoms with van der Waals surface area (Å²) in [6.07, 6.45) is -5.82. The van der Waals surface area contributed by atoms with Gasteiger partial charge in [-0.15, -0.1) is 0 Å². The van der Waals surface area contributed by atoms with E-state index in [4.69, 9.17) is 11.6 Å². The van der Waals surface area contributed by atoms with Gasteiger partial charge in [0.2, 0.25) is 0 Å². The molecule has 0 aliphatic heterocycles. The topological polar surface area (TPSA) is 78.4 Å². The number of hydrogen-bond acceptors (Lipinski definition) is 3. The lowest BCUT2D eigenvalue weighted by molar-refractivity contribution is -0.137. The Balaban J connectivity index is 1.90. The second-order valence-electron chi connectivity index (χ2n) is 5.43. The van der Waals surface area contributed by atoms with E-state index in [1.54, 1.807) is 0 Å². The molecule has 5 nitrogen and oxygen atoms in total. The van der Waals surface area contributed by atoms with E-state index >= 15 is 0 Å². The lowest BCUT2D eigenvalue weighted by atomic mass is 10.1. The highest BCUT2D eigenvalue weighted by atomic mass is 35.5. The quantitative estimate of drug-likeness (QED) is 0.540. The Morgan fingerprint density at radius 3 is 2.26 bits per heavy atom. The Labute approximate surface area is 155 Å². The first-order valence-electron chi connectivity index (χ1n) is 7.47. The third-order valence-corrected chi connectivity index (χ3v) is 3.75. The van der Waals surface area contributed by atoms with Crippen LogP contribution in [0.25, 0.3) is 0 Å². The van der Waals surface area contributed by atoms with E-state index in [0.29, 0.717) is 0 Å². The standard InChI is InChI=1S/C17H13ClF4N2O3/c18-12-7-11(5-6-13(12)19)24-16(27)15(26)23-8-14(25)9-1-3-10(4-2-9)17(20,21)22/h1-7,14,25H,8H2,(H,23,26)(H,24,27)/t14-/m1/s1. The molecule has 1 atom stereocenters. The monoisotopic (exact) mass is 404 g/mol. The van der Waals surface area contributed by atoms with Crippen LogP contribution >= 0.6 is 11.6 Å². The Bertz CT molecular complexity index is 841. The van der Waals surface area contributed by atoms with Gasteiger partial charge in [0.1, 0.15) is 5.82 Å². The SMILES string of the molecule is O=C(NC[C@@H](O)c1ccc(C(F)(F)F)cc1)C(=O)Nc1ccc(F)c(Cl)c1. The van der Waals surface area contributed by atoms with Crippen LogP contribution in [0.5, 0.6) is 0 Å². The van der Waals surface area contributed by atoms with Gasteiger partial charge in [0.05, 0.1) is 16.7 Å². The Kier molecular flexibility index (Phi) is 6.40. The Morgan fingerprint density at radius 2 is 1.70 bits per heavy atom. The van der Waals surface area contributed by atoms with Gasteiger partial charge < -0.3 is 15.7 Å². The van der Waals surface area contributed by atoms with Crippen molar-refractivity contribution < 1.29 is 32.3 Å². The van der Waals surface area contributed by atoms with Crippen molar-refractivity contribution in [2.24, 2.45) is 0 Å². The largest absolute Gasteiger partial charge is 0.416 e. The van der Waals surface area contributed by atoms with Crippen molar-refractivity contribution in [3.8, 4) is 0 Å². The Morgan fingerprint density at radius 1 is 1.07 bits per heavy atom. The number of carbonyl (C=O) groups excluding carboxylic acids is 2. The average molecular weight is 405 g/mol. The zero-order valence-electron chi connectivity index (χ0n) is 13.5. The predicted molar refractivity (Wildman–Crippen MR) is 89.5 cm³/mol. The fraction of sp³-hybridized carbons (Fsp3) is 0.176. The molecule has 3 N–H and O–H groups in total. The summed E-state index contributed by atoms with van der Waals surface area (Å²) in [5.41, 5.74) is -0.654. The van der Waals surface area contributed by atoms with Crippen molar-refractivity contribution in [2.45, 2.75) is 12.3 Å². The molecule has 2 rings (SSSR count). The molecule has 144 valence electrons. The third-order valence-electron chi connectivity index (χ3n) is 3.46. The molecular weight excluding hydrogens is 392 g/mol. The molecule has 0 saturated heterocycles. The van der Waals surface area contributed by atoms with Crippen molar-refractivity contribution in [3.63, 3.8) is 0 Å². The van der Waals surface area contributed by atoms with Gasteiger partial charge >= 0.3 is 18.0 Å². The number of halogens is 5. The van der Waals surface area contributed by atoms with Crippen molar-refractivity contribution in [1.29, 1.82) is 0 Å². The smallest absolute Gasteiger partial charge is 0.387 e. The molecule has 2 aromatic carbocycles. The summed E-state index contributed by atoms with van der Waals surface area (Å²) in [5.74, 6) is -2.88. The Hall–Kier alpha value is -2.65. The molecule has 0 saturated carbocycles. The van der Waals surface area contributed by atoms with Gasteiger partial charge in [0, 0.05) is 12.2 Å². The molecule has 10 heteroatoms. The van der Waals surface area contributed by atoms with Gasteiger partial charge in [-0.1, -0.05) is 23.7 Å². The maximum Gasteiger partial charge on any atom is 0.416 e. The fourth-order valence-corrected chi connectivity index (χ4v) is 2.22. The molecule has 0 spiro atoms.